The van der Waals surface area contributed by atoms with Gasteiger partial charge in [0.1, 0.15) is 11.1 Å². The van der Waals surface area contributed by atoms with E-state index in [0.717, 1.165) is 4.47 Å². The molecule has 2 aromatic carbocycles. The fourth-order valence-electron chi connectivity index (χ4n) is 2.98. The van der Waals surface area contributed by atoms with Gasteiger partial charge in [-0.25, -0.2) is 4.79 Å². The van der Waals surface area contributed by atoms with Crippen molar-refractivity contribution in [2.75, 3.05) is 6.61 Å². The molecule has 1 atom stereocenters. The third kappa shape index (κ3) is 5.34. The Kier molecular flexibility index (Phi) is 6.81. The summed E-state index contributed by atoms with van der Waals surface area (Å²) in [5, 5.41) is 14.2. The monoisotopic (exact) mass is 488 g/mol. The summed E-state index contributed by atoms with van der Waals surface area (Å²) in [5.41, 5.74) is -0.670. The van der Waals surface area contributed by atoms with Gasteiger partial charge in [0.2, 0.25) is 0 Å². The molecule has 0 radical (unpaired) electrons. The van der Waals surface area contributed by atoms with Gasteiger partial charge in [-0.1, -0.05) is 28.1 Å². The van der Waals surface area contributed by atoms with Gasteiger partial charge in [0.15, 0.2) is 0 Å². The van der Waals surface area contributed by atoms with Crippen molar-refractivity contribution in [3.05, 3.63) is 84.7 Å². The molecule has 3 aromatic rings. The summed E-state index contributed by atoms with van der Waals surface area (Å²) >= 11 is 3.32. The average molecular weight is 489 g/mol. The number of rotatable bonds is 7. The Morgan fingerprint density at radius 3 is 2.71 bits per heavy atom. The van der Waals surface area contributed by atoms with E-state index in [2.05, 4.69) is 21.2 Å². The number of fused-ring (bicyclic) bond motifs is 1. The van der Waals surface area contributed by atoms with Gasteiger partial charge in [0, 0.05) is 22.0 Å². The van der Waals surface area contributed by atoms with Gasteiger partial charge >= 0.3 is 11.6 Å². The first kappa shape index (κ1) is 22.2. The molecule has 0 fully saturated rings. The van der Waals surface area contributed by atoms with Crippen LogP contribution in [-0.2, 0) is 9.53 Å². The molecule has 0 saturated heterocycles. The van der Waals surface area contributed by atoms with Crippen molar-refractivity contribution in [2.24, 2.45) is 0 Å². The first-order chi connectivity index (χ1) is 14.8. The molecule has 1 N–H and O–H groups in total. The number of carbonyl (C=O) groups excluding carboxylic acids is 2. The molecule has 3 rings (SSSR count). The molecule has 1 amide bonds. The number of nitrogens with zero attached hydrogens (tertiary/aromatic N) is 1. The number of carbonyl (C=O) groups is 2. The van der Waals surface area contributed by atoms with Crippen molar-refractivity contribution < 1.29 is 23.7 Å². The van der Waals surface area contributed by atoms with E-state index in [9.17, 15) is 24.5 Å². The van der Waals surface area contributed by atoms with E-state index in [1.54, 1.807) is 25.1 Å². The van der Waals surface area contributed by atoms with Gasteiger partial charge in [-0.2, -0.15) is 0 Å². The summed E-state index contributed by atoms with van der Waals surface area (Å²) in [7, 11) is 0. The molecule has 0 unspecified atom stereocenters. The van der Waals surface area contributed by atoms with E-state index in [0.29, 0.717) is 16.5 Å². The van der Waals surface area contributed by atoms with Crippen molar-refractivity contribution in [2.45, 2.75) is 19.4 Å². The Morgan fingerprint density at radius 2 is 2.00 bits per heavy atom. The second-order valence-corrected chi connectivity index (χ2v) is 7.43. The lowest BCUT2D eigenvalue weighted by Crippen LogP contribution is -2.33. The summed E-state index contributed by atoms with van der Waals surface area (Å²) in [5.74, 6) is -1.38. The minimum atomic E-state index is -0.955. The van der Waals surface area contributed by atoms with Crippen LogP contribution in [0.1, 0.15) is 35.3 Å². The van der Waals surface area contributed by atoms with Crippen molar-refractivity contribution >= 4 is 44.5 Å². The van der Waals surface area contributed by atoms with Gasteiger partial charge in [0.05, 0.1) is 24.0 Å². The number of nitro benzene ring substituents is 1. The van der Waals surface area contributed by atoms with Gasteiger partial charge < -0.3 is 14.5 Å². The van der Waals surface area contributed by atoms with E-state index < -0.39 is 28.5 Å². The zero-order valence-electron chi connectivity index (χ0n) is 16.3. The van der Waals surface area contributed by atoms with E-state index in [4.69, 9.17) is 9.15 Å². The van der Waals surface area contributed by atoms with Crippen molar-refractivity contribution in [3.8, 4) is 0 Å². The first-order valence-corrected chi connectivity index (χ1v) is 10.0. The minimum absolute atomic E-state index is 0.136. The number of hydrogen-bond acceptors (Lipinski definition) is 7. The highest BCUT2D eigenvalue weighted by atomic mass is 79.9. The lowest BCUT2D eigenvalue weighted by molar-refractivity contribution is -0.384. The highest BCUT2D eigenvalue weighted by Gasteiger charge is 2.24. The second-order valence-electron chi connectivity index (χ2n) is 6.52. The van der Waals surface area contributed by atoms with Gasteiger partial charge in [-0.15, -0.1) is 0 Å². The summed E-state index contributed by atoms with van der Waals surface area (Å²) in [6.07, 6.45) is -0.273. The topological polar surface area (TPSA) is 129 Å². The molecule has 9 nitrogen and oxygen atoms in total. The number of non-ortho nitro benzene ring substituents is 1. The number of amides is 1. The lowest BCUT2D eigenvalue weighted by atomic mass is 10.0. The number of benzene rings is 2. The molecule has 0 saturated carbocycles. The summed E-state index contributed by atoms with van der Waals surface area (Å²) < 4.78 is 10.9. The molecule has 0 aliphatic heterocycles. The Bertz CT molecular complexity index is 1220. The summed E-state index contributed by atoms with van der Waals surface area (Å²) in [6.45, 7) is 1.77. The third-order valence-electron chi connectivity index (χ3n) is 4.40. The van der Waals surface area contributed by atoms with Gasteiger partial charge in [-0.3, -0.25) is 19.7 Å². The van der Waals surface area contributed by atoms with E-state index in [1.807, 2.05) is 0 Å². The van der Waals surface area contributed by atoms with Crippen LogP contribution in [0.4, 0.5) is 5.69 Å². The van der Waals surface area contributed by atoms with E-state index in [1.165, 1.54) is 30.3 Å². The maximum absolute atomic E-state index is 12.9. The summed E-state index contributed by atoms with van der Waals surface area (Å²) in [4.78, 5) is 47.8. The Morgan fingerprint density at radius 1 is 1.23 bits per heavy atom. The van der Waals surface area contributed by atoms with Crippen LogP contribution in [0.5, 0.6) is 0 Å². The quantitative estimate of drug-likeness (QED) is 0.231. The molecule has 0 spiro atoms. The number of ether oxygens (including phenoxy) is 1. The van der Waals surface area contributed by atoms with E-state index >= 15 is 0 Å². The largest absolute Gasteiger partial charge is 0.466 e. The fraction of sp³-hybridized carbons (Fsp3) is 0.190. The number of nitro groups is 1. The SMILES string of the molecule is CCOC(=O)C[C@H](NC(=O)c1cc2cc(Br)ccc2oc1=O)c1cccc([N+](=O)[O-])c1. The number of esters is 1. The normalized spacial score (nSPS) is 11.7. The Hall–Kier alpha value is -3.53. The maximum Gasteiger partial charge on any atom is 0.349 e. The van der Waals surface area contributed by atoms with Gasteiger partial charge in [-0.05, 0) is 36.8 Å². The van der Waals surface area contributed by atoms with E-state index in [-0.39, 0.29) is 24.3 Å². The van der Waals surface area contributed by atoms with Crippen LogP contribution in [0.3, 0.4) is 0 Å². The smallest absolute Gasteiger partial charge is 0.349 e. The Labute approximate surface area is 184 Å². The minimum Gasteiger partial charge on any atom is -0.466 e. The molecular weight excluding hydrogens is 472 g/mol. The van der Waals surface area contributed by atoms with Crippen molar-refractivity contribution in [1.82, 2.24) is 5.32 Å². The molecule has 1 heterocycles. The molecule has 0 bridgehead atoms. The lowest BCUT2D eigenvalue weighted by Gasteiger charge is -2.18. The second kappa shape index (κ2) is 9.52. The van der Waals surface area contributed by atoms with Gasteiger partial charge in [0.25, 0.3) is 11.6 Å². The molecule has 1 aromatic heterocycles. The molecule has 0 aliphatic rings. The van der Waals surface area contributed by atoms with Crippen LogP contribution in [-0.4, -0.2) is 23.4 Å². The predicted octanol–water partition coefficient (Wildman–Crippen LogP) is 3.89. The zero-order valence-corrected chi connectivity index (χ0v) is 17.9. The predicted molar refractivity (Wildman–Crippen MR) is 115 cm³/mol. The summed E-state index contributed by atoms with van der Waals surface area (Å²) in [6, 6.07) is 10.9. The standard InChI is InChI=1S/C21H17BrN2O7/c1-2-30-19(25)11-17(12-4-3-5-15(9-12)24(28)29)23-20(26)16-10-13-8-14(22)6-7-18(13)31-21(16)27/h3-10,17H,2,11H2,1H3,(H,23,26)/t17-/m0/s1. The third-order valence-corrected chi connectivity index (χ3v) is 4.90. The number of nitrogens with one attached hydrogen (secondary N) is 1. The molecular formula is C21H17BrN2O7. The highest BCUT2D eigenvalue weighted by Crippen LogP contribution is 2.24. The van der Waals surface area contributed by atoms with Crippen LogP contribution in [0.15, 0.2) is 62.2 Å². The molecule has 160 valence electrons. The van der Waals surface area contributed by atoms with Crippen LogP contribution in [0, 0.1) is 10.1 Å². The highest BCUT2D eigenvalue weighted by molar-refractivity contribution is 9.10. The van der Waals surface area contributed by atoms with Crippen molar-refractivity contribution in [1.29, 1.82) is 0 Å². The Balaban J connectivity index is 1.96. The molecule has 0 aliphatic carbocycles. The van der Waals surface area contributed by atoms with Crippen LogP contribution in [0.2, 0.25) is 0 Å². The van der Waals surface area contributed by atoms with Crippen LogP contribution >= 0.6 is 15.9 Å². The van der Waals surface area contributed by atoms with Crippen LogP contribution < -0.4 is 10.9 Å². The zero-order chi connectivity index (χ0) is 22.5. The van der Waals surface area contributed by atoms with Crippen LogP contribution in [0.25, 0.3) is 11.0 Å². The maximum atomic E-state index is 12.9. The fourth-order valence-corrected chi connectivity index (χ4v) is 3.36. The average Bonchev–Trinajstić information content (AvgIpc) is 2.73. The molecule has 10 heteroatoms. The number of halogens is 1. The van der Waals surface area contributed by atoms with Crippen molar-refractivity contribution in [3.63, 3.8) is 0 Å². The number of hydrogen-bond donors (Lipinski definition) is 1. The first-order valence-electron chi connectivity index (χ1n) is 9.22. The molecule has 31 heavy (non-hydrogen) atoms.